The molecule has 0 aliphatic heterocycles. The third-order valence-electron chi connectivity index (χ3n) is 2.48. The first-order valence-electron chi connectivity index (χ1n) is 5.28. The predicted molar refractivity (Wildman–Crippen MR) is 76.0 cm³/mol. The molecule has 0 radical (unpaired) electrons. The predicted octanol–water partition coefficient (Wildman–Crippen LogP) is 4.10. The Kier molecular flexibility index (Phi) is 5.77. The number of halogens is 3. The van der Waals surface area contributed by atoms with Gasteiger partial charge in [0.2, 0.25) is 0 Å². The molecule has 17 heavy (non-hydrogen) atoms. The molecule has 1 unspecified atom stereocenters. The van der Waals surface area contributed by atoms with E-state index in [1.165, 1.54) is 0 Å². The molecule has 0 saturated heterocycles. The Bertz CT molecular complexity index is 409. The number of hydrogen-bond donors (Lipinski definition) is 1. The van der Waals surface area contributed by atoms with Gasteiger partial charge in [-0.15, -0.1) is 11.6 Å². The van der Waals surface area contributed by atoms with Crippen molar-refractivity contribution in [2.45, 2.75) is 19.9 Å². The third-order valence-corrected chi connectivity index (χ3v) is 4.11. The van der Waals surface area contributed by atoms with E-state index < -0.39 is 0 Å². The van der Waals surface area contributed by atoms with Gasteiger partial charge in [-0.05, 0) is 34.0 Å². The van der Waals surface area contributed by atoms with Crippen molar-refractivity contribution in [1.29, 1.82) is 0 Å². The number of carbonyl (C=O) groups is 1. The van der Waals surface area contributed by atoms with Crippen LogP contribution in [0.4, 0.5) is 0 Å². The molecule has 1 aromatic rings. The molecule has 0 spiro atoms. The second kappa shape index (κ2) is 6.62. The molecule has 5 heteroatoms. The minimum Gasteiger partial charge on any atom is -0.348 e. The van der Waals surface area contributed by atoms with Gasteiger partial charge in [0.15, 0.2) is 0 Å². The summed E-state index contributed by atoms with van der Waals surface area (Å²) in [7, 11) is 0. The van der Waals surface area contributed by atoms with Crippen molar-refractivity contribution in [3.8, 4) is 0 Å². The highest BCUT2D eigenvalue weighted by Crippen LogP contribution is 2.26. The molecule has 0 saturated carbocycles. The van der Waals surface area contributed by atoms with Crippen LogP contribution in [0.3, 0.4) is 0 Å². The van der Waals surface area contributed by atoms with E-state index in [-0.39, 0.29) is 17.9 Å². The maximum Gasteiger partial charge on any atom is 0.253 e. The molecule has 0 aliphatic carbocycles. The molecule has 1 aromatic carbocycles. The van der Waals surface area contributed by atoms with Gasteiger partial charge in [0.1, 0.15) is 0 Å². The van der Waals surface area contributed by atoms with Gasteiger partial charge in [-0.1, -0.05) is 31.5 Å². The zero-order chi connectivity index (χ0) is 13.0. The van der Waals surface area contributed by atoms with Crippen LogP contribution in [0, 0.1) is 5.92 Å². The van der Waals surface area contributed by atoms with Crippen LogP contribution in [0.25, 0.3) is 0 Å². The van der Waals surface area contributed by atoms with Gasteiger partial charge in [0.25, 0.3) is 5.91 Å². The molecule has 0 bridgehead atoms. The monoisotopic (exact) mass is 337 g/mol. The summed E-state index contributed by atoms with van der Waals surface area (Å²) in [5, 5.41) is 3.29. The first kappa shape index (κ1) is 14.8. The Morgan fingerprint density at radius 2 is 2.12 bits per heavy atom. The summed E-state index contributed by atoms with van der Waals surface area (Å²) >= 11 is 15.2. The first-order valence-corrected chi connectivity index (χ1v) is 6.98. The summed E-state index contributed by atoms with van der Waals surface area (Å²) in [6.07, 6.45) is 0. The highest BCUT2D eigenvalue weighted by Gasteiger charge is 2.18. The largest absolute Gasteiger partial charge is 0.348 e. The maximum atomic E-state index is 12.0. The number of rotatable bonds is 4. The van der Waals surface area contributed by atoms with Crippen molar-refractivity contribution in [3.63, 3.8) is 0 Å². The van der Waals surface area contributed by atoms with Gasteiger partial charge in [-0.3, -0.25) is 4.79 Å². The topological polar surface area (TPSA) is 29.1 Å². The number of alkyl halides is 1. The Morgan fingerprint density at radius 1 is 1.47 bits per heavy atom. The average molecular weight is 339 g/mol. The van der Waals surface area contributed by atoms with Crippen molar-refractivity contribution in [3.05, 3.63) is 33.3 Å². The van der Waals surface area contributed by atoms with E-state index >= 15 is 0 Å². The zero-order valence-corrected chi connectivity index (χ0v) is 12.7. The summed E-state index contributed by atoms with van der Waals surface area (Å²) < 4.78 is 0.707. The summed E-state index contributed by atoms with van der Waals surface area (Å²) in [5.74, 6) is 0.465. The maximum absolute atomic E-state index is 12.0. The second-order valence-electron chi connectivity index (χ2n) is 4.08. The van der Waals surface area contributed by atoms with Crippen molar-refractivity contribution in [2.24, 2.45) is 5.92 Å². The molecule has 1 atom stereocenters. The van der Waals surface area contributed by atoms with Crippen LogP contribution in [-0.2, 0) is 0 Å². The zero-order valence-electron chi connectivity index (χ0n) is 9.64. The number of carbonyl (C=O) groups excluding carboxylic acids is 1. The molecule has 1 rings (SSSR count). The van der Waals surface area contributed by atoms with Crippen molar-refractivity contribution in [2.75, 3.05) is 5.88 Å². The lowest BCUT2D eigenvalue weighted by Gasteiger charge is -2.20. The molecule has 0 aliphatic rings. The normalized spacial score (nSPS) is 12.6. The van der Waals surface area contributed by atoms with E-state index in [1.807, 2.05) is 13.8 Å². The van der Waals surface area contributed by atoms with Gasteiger partial charge in [-0.2, -0.15) is 0 Å². The molecule has 94 valence electrons. The van der Waals surface area contributed by atoms with Gasteiger partial charge in [0.05, 0.1) is 10.6 Å². The lowest BCUT2D eigenvalue weighted by atomic mass is 10.1. The van der Waals surface area contributed by atoms with Gasteiger partial charge >= 0.3 is 0 Å². The Hall–Kier alpha value is -0.250. The van der Waals surface area contributed by atoms with Crippen LogP contribution in [0.1, 0.15) is 24.2 Å². The van der Waals surface area contributed by atoms with E-state index in [2.05, 4.69) is 21.2 Å². The fraction of sp³-hybridized carbons (Fsp3) is 0.417. The van der Waals surface area contributed by atoms with Crippen molar-refractivity contribution < 1.29 is 4.79 Å². The lowest BCUT2D eigenvalue weighted by molar-refractivity contribution is 0.0931. The second-order valence-corrected chi connectivity index (χ2v) is 5.62. The summed E-state index contributed by atoms with van der Waals surface area (Å²) in [6.45, 7) is 4.02. The van der Waals surface area contributed by atoms with Gasteiger partial charge in [0, 0.05) is 16.4 Å². The molecule has 0 aromatic heterocycles. The summed E-state index contributed by atoms with van der Waals surface area (Å²) in [4.78, 5) is 12.0. The van der Waals surface area contributed by atoms with Gasteiger partial charge in [-0.25, -0.2) is 0 Å². The lowest BCUT2D eigenvalue weighted by Crippen LogP contribution is -2.40. The summed E-state index contributed by atoms with van der Waals surface area (Å²) in [6, 6.07) is 5.20. The first-order chi connectivity index (χ1) is 7.97. The van der Waals surface area contributed by atoms with E-state index in [1.54, 1.807) is 18.2 Å². The van der Waals surface area contributed by atoms with Crippen molar-refractivity contribution >= 4 is 45.0 Å². The molecule has 2 nitrogen and oxygen atoms in total. The summed E-state index contributed by atoms with van der Waals surface area (Å²) in [5.41, 5.74) is 0.455. The quantitative estimate of drug-likeness (QED) is 0.823. The van der Waals surface area contributed by atoms with Crippen LogP contribution in [-0.4, -0.2) is 17.8 Å². The average Bonchev–Trinajstić information content (AvgIpc) is 2.28. The van der Waals surface area contributed by atoms with Crippen LogP contribution in [0.5, 0.6) is 0 Å². The fourth-order valence-electron chi connectivity index (χ4n) is 1.31. The molecule has 0 fully saturated rings. The Labute approximate surface area is 120 Å². The third kappa shape index (κ3) is 3.87. The van der Waals surface area contributed by atoms with Crippen LogP contribution in [0.15, 0.2) is 22.7 Å². The standard InChI is InChI=1S/C12H14BrCl2NO/c1-7(2)10(6-14)16-12(17)8-4-3-5-9(13)11(8)15/h3-5,7,10H,6H2,1-2H3,(H,16,17). The van der Waals surface area contributed by atoms with Crippen LogP contribution < -0.4 is 5.32 Å². The minimum absolute atomic E-state index is 0.0563. The molecular formula is C12H14BrCl2NO. The molecule has 1 N–H and O–H groups in total. The van der Waals surface area contributed by atoms with Gasteiger partial charge < -0.3 is 5.32 Å². The Morgan fingerprint density at radius 3 is 2.65 bits per heavy atom. The van der Waals surface area contributed by atoms with E-state index in [9.17, 15) is 4.79 Å². The minimum atomic E-state index is -0.198. The van der Waals surface area contributed by atoms with E-state index in [4.69, 9.17) is 23.2 Å². The molecule has 0 heterocycles. The van der Waals surface area contributed by atoms with Crippen molar-refractivity contribution in [1.82, 2.24) is 5.32 Å². The fourth-order valence-corrected chi connectivity index (χ4v) is 2.32. The van der Waals surface area contributed by atoms with Crippen LogP contribution in [0.2, 0.25) is 5.02 Å². The smallest absolute Gasteiger partial charge is 0.253 e. The van der Waals surface area contributed by atoms with E-state index in [0.717, 1.165) is 0 Å². The highest BCUT2D eigenvalue weighted by molar-refractivity contribution is 9.10. The van der Waals surface area contributed by atoms with Crippen LogP contribution >= 0.6 is 39.1 Å². The Balaban J connectivity index is 2.86. The molecular weight excluding hydrogens is 325 g/mol. The number of amides is 1. The number of hydrogen-bond acceptors (Lipinski definition) is 1. The highest BCUT2D eigenvalue weighted by atomic mass is 79.9. The molecule has 1 amide bonds. The number of benzene rings is 1. The van der Waals surface area contributed by atoms with E-state index in [0.29, 0.717) is 20.9 Å². The number of nitrogens with one attached hydrogen (secondary N) is 1. The SMILES string of the molecule is CC(C)C(CCl)NC(=O)c1cccc(Br)c1Cl.